The van der Waals surface area contributed by atoms with Crippen LogP contribution in [0.2, 0.25) is 0 Å². The molecule has 0 heterocycles. The van der Waals surface area contributed by atoms with Crippen molar-refractivity contribution in [2.75, 3.05) is 26.1 Å². The van der Waals surface area contributed by atoms with Gasteiger partial charge in [-0.05, 0) is 12.1 Å². The van der Waals surface area contributed by atoms with Gasteiger partial charge in [-0.1, -0.05) is 0 Å². The van der Waals surface area contributed by atoms with Gasteiger partial charge in [-0.25, -0.2) is 0 Å². The molecule has 1 aromatic rings. The van der Waals surface area contributed by atoms with Crippen molar-refractivity contribution in [3.8, 4) is 11.5 Å². The van der Waals surface area contributed by atoms with Crippen LogP contribution in [0, 0.1) is 0 Å². The van der Waals surface area contributed by atoms with E-state index in [0.717, 1.165) is 0 Å². The van der Waals surface area contributed by atoms with Crippen molar-refractivity contribution in [3.05, 3.63) is 18.2 Å². The Kier molecular flexibility index (Phi) is 4.44. The molecule has 0 fully saturated rings. The van der Waals surface area contributed by atoms with Crippen molar-refractivity contribution in [2.45, 2.75) is 6.92 Å². The Balaban J connectivity index is 2.45. The third-order valence-corrected chi connectivity index (χ3v) is 1.86. The lowest BCUT2D eigenvalue weighted by Crippen LogP contribution is -2.09. The molecular weight excluding hydrogens is 210 g/mol. The highest BCUT2D eigenvalue weighted by Crippen LogP contribution is 2.26. The Hall–Kier alpha value is -1.91. The van der Waals surface area contributed by atoms with Gasteiger partial charge < -0.3 is 19.9 Å². The number of rotatable bonds is 5. The maximum Gasteiger partial charge on any atom is 0.302 e. The smallest absolute Gasteiger partial charge is 0.302 e. The molecule has 0 bridgehead atoms. The average Bonchev–Trinajstić information content (AvgIpc) is 2.26. The molecule has 0 spiro atoms. The van der Waals surface area contributed by atoms with E-state index >= 15 is 0 Å². The maximum atomic E-state index is 10.5. The summed E-state index contributed by atoms with van der Waals surface area (Å²) in [6, 6.07) is 5.11. The molecule has 0 atom stereocenters. The predicted molar refractivity (Wildman–Crippen MR) is 59.5 cm³/mol. The number of nitrogen functional groups attached to an aromatic ring is 1. The molecule has 5 heteroatoms. The molecule has 0 amide bonds. The molecule has 0 aromatic heterocycles. The lowest BCUT2D eigenvalue weighted by Gasteiger charge is -2.09. The molecule has 0 unspecified atom stereocenters. The van der Waals surface area contributed by atoms with E-state index in [2.05, 4.69) is 0 Å². The normalized spacial score (nSPS) is 9.62. The molecule has 2 N–H and O–H groups in total. The van der Waals surface area contributed by atoms with Crippen molar-refractivity contribution in [3.63, 3.8) is 0 Å². The van der Waals surface area contributed by atoms with Gasteiger partial charge >= 0.3 is 5.97 Å². The first-order valence-corrected chi connectivity index (χ1v) is 4.83. The van der Waals surface area contributed by atoms with Gasteiger partial charge in [0.05, 0.1) is 12.8 Å². The number of hydrogen-bond donors (Lipinski definition) is 1. The molecule has 0 aliphatic carbocycles. The van der Waals surface area contributed by atoms with Crippen LogP contribution < -0.4 is 15.2 Å². The number of anilines is 1. The van der Waals surface area contributed by atoms with Crippen LogP contribution in [0.25, 0.3) is 0 Å². The van der Waals surface area contributed by atoms with E-state index < -0.39 is 0 Å². The van der Waals surface area contributed by atoms with E-state index in [1.54, 1.807) is 18.2 Å². The highest BCUT2D eigenvalue weighted by atomic mass is 16.6. The minimum atomic E-state index is -0.321. The summed E-state index contributed by atoms with van der Waals surface area (Å²) >= 11 is 0. The van der Waals surface area contributed by atoms with Crippen LogP contribution in [0.3, 0.4) is 0 Å². The average molecular weight is 225 g/mol. The summed E-state index contributed by atoms with van der Waals surface area (Å²) < 4.78 is 15.1. The van der Waals surface area contributed by atoms with Crippen molar-refractivity contribution >= 4 is 11.7 Å². The second-order valence-electron chi connectivity index (χ2n) is 3.09. The summed E-state index contributed by atoms with van der Waals surface area (Å²) in [6.07, 6.45) is 0. The Labute approximate surface area is 94.1 Å². The zero-order valence-electron chi connectivity index (χ0n) is 9.36. The van der Waals surface area contributed by atoms with E-state index in [4.69, 9.17) is 19.9 Å². The molecule has 88 valence electrons. The molecule has 0 saturated heterocycles. The van der Waals surface area contributed by atoms with E-state index in [1.165, 1.54) is 14.0 Å². The summed E-state index contributed by atoms with van der Waals surface area (Å²) in [5, 5.41) is 0. The van der Waals surface area contributed by atoms with Gasteiger partial charge in [0.2, 0.25) is 0 Å². The number of benzene rings is 1. The topological polar surface area (TPSA) is 70.8 Å². The molecule has 16 heavy (non-hydrogen) atoms. The number of carbonyl (C=O) groups is 1. The minimum absolute atomic E-state index is 0.224. The first kappa shape index (κ1) is 12.2. The van der Waals surface area contributed by atoms with Gasteiger partial charge in [0.1, 0.15) is 24.7 Å². The number of hydrogen-bond acceptors (Lipinski definition) is 5. The van der Waals surface area contributed by atoms with Gasteiger partial charge in [-0.2, -0.15) is 0 Å². The number of carbonyl (C=O) groups excluding carboxylic acids is 1. The second kappa shape index (κ2) is 5.85. The highest BCUT2D eigenvalue weighted by Gasteiger charge is 2.02. The van der Waals surface area contributed by atoms with E-state index in [1.807, 2.05) is 0 Å². The molecular formula is C11H15NO4. The highest BCUT2D eigenvalue weighted by molar-refractivity contribution is 5.65. The molecule has 0 aliphatic rings. The van der Waals surface area contributed by atoms with Crippen molar-refractivity contribution in [2.24, 2.45) is 0 Å². The summed E-state index contributed by atoms with van der Waals surface area (Å²) in [4.78, 5) is 10.5. The zero-order valence-corrected chi connectivity index (χ0v) is 9.36. The molecule has 0 saturated carbocycles. The predicted octanol–water partition coefficient (Wildman–Crippen LogP) is 1.22. The number of methoxy groups -OCH3 is 1. The van der Waals surface area contributed by atoms with Gasteiger partial charge in [-0.3, -0.25) is 4.79 Å². The summed E-state index contributed by atoms with van der Waals surface area (Å²) in [6.45, 7) is 1.88. The minimum Gasteiger partial charge on any atom is -0.494 e. The SMILES string of the molecule is COc1cc(OCCOC(C)=O)ccc1N. The standard InChI is InChI=1S/C11H15NO4/c1-8(13)15-5-6-16-9-3-4-10(12)11(7-9)14-2/h3-4,7H,5-6,12H2,1-2H3. The molecule has 5 nitrogen and oxygen atoms in total. The third-order valence-electron chi connectivity index (χ3n) is 1.86. The number of ether oxygens (including phenoxy) is 3. The second-order valence-corrected chi connectivity index (χ2v) is 3.09. The van der Waals surface area contributed by atoms with Crippen LogP contribution >= 0.6 is 0 Å². The summed E-state index contributed by atoms with van der Waals surface area (Å²) in [5.74, 6) is 0.863. The maximum absolute atomic E-state index is 10.5. The van der Waals surface area contributed by atoms with Gasteiger partial charge in [0.25, 0.3) is 0 Å². The van der Waals surface area contributed by atoms with Crippen LogP contribution in [-0.4, -0.2) is 26.3 Å². The van der Waals surface area contributed by atoms with E-state index in [0.29, 0.717) is 23.8 Å². The third kappa shape index (κ3) is 3.68. The fourth-order valence-corrected chi connectivity index (χ4v) is 1.13. The van der Waals surface area contributed by atoms with Crippen molar-refractivity contribution < 1.29 is 19.0 Å². The Morgan fingerprint density at radius 1 is 1.38 bits per heavy atom. The van der Waals surface area contributed by atoms with Gasteiger partial charge in [0, 0.05) is 13.0 Å². The van der Waals surface area contributed by atoms with Crippen LogP contribution in [0.1, 0.15) is 6.92 Å². The Bertz CT molecular complexity index is 365. The number of nitrogens with two attached hydrogens (primary N) is 1. The fourth-order valence-electron chi connectivity index (χ4n) is 1.13. The number of esters is 1. The fraction of sp³-hybridized carbons (Fsp3) is 0.364. The van der Waals surface area contributed by atoms with Crippen molar-refractivity contribution in [1.29, 1.82) is 0 Å². The largest absolute Gasteiger partial charge is 0.494 e. The first-order valence-electron chi connectivity index (χ1n) is 4.83. The van der Waals surface area contributed by atoms with Gasteiger partial charge in [0.15, 0.2) is 0 Å². The van der Waals surface area contributed by atoms with E-state index in [9.17, 15) is 4.79 Å². The Morgan fingerprint density at radius 2 is 2.12 bits per heavy atom. The molecule has 1 aromatic carbocycles. The Morgan fingerprint density at radius 3 is 2.75 bits per heavy atom. The molecule has 0 radical (unpaired) electrons. The molecule has 1 rings (SSSR count). The van der Waals surface area contributed by atoms with Crippen LogP contribution in [0.5, 0.6) is 11.5 Å². The van der Waals surface area contributed by atoms with Gasteiger partial charge in [-0.15, -0.1) is 0 Å². The first-order chi connectivity index (χ1) is 7.63. The quantitative estimate of drug-likeness (QED) is 0.463. The lowest BCUT2D eigenvalue weighted by atomic mass is 10.3. The molecule has 0 aliphatic heterocycles. The van der Waals surface area contributed by atoms with Crippen LogP contribution in [-0.2, 0) is 9.53 Å². The lowest BCUT2D eigenvalue weighted by molar-refractivity contribution is -0.141. The van der Waals surface area contributed by atoms with Crippen LogP contribution in [0.4, 0.5) is 5.69 Å². The van der Waals surface area contributed by atoms with Crippen LogP contribution in [0.15, 0.2) is 18.2 Å². The van der Waals surface area contributed by atoms with Crippen molar-refractivity contribution in [1.82, 2.24) is 0 Å². The van der Waals surface area contributed by atoms with E-state index in [-0.39, 0.29) is 12.6 Å². The monoisotopic (exact) mass is 225 g/mol. The summed E-state index contributed by atoms with van der Waals surface area (Å²) in [7, 11) is 1.54. The zero-order chi connectivity index (χ0) is 12.0. The summed E-state index contributed by atoms with van der Waals surface area (Å²) in [5.41, 5.74) is 6.20.